The molecule has 0 amide bonds. The second-order valence-electron chi connectivity index (χ2n) is 7.22. The van der Waals surface area contributed by atoms with Crippen molar-refractivity contribution in [3.8, 4) is 0 Å². The Morgan fingerprint density at radius 1 is 0.583 bits per heavy atom. The molecule has 0 heterocycles. The molecule has 0 aliphatic heterocycles. The molecule has 0 aromatic rings. The largest absolute Gasteiger partial charge is 0.393 e. The van der Waals surface area contributed by atoms with Crippen molar-refractivity contribution in [3.05, 3.63) is 0 Å². The molecule has 0 spiro atoms. The van der Waals surface area contributed by atoms with E-state index in [0.717, 1.165) is 12.8 Å². The summed E-state index contributed by atoms with van der Waals surface area (Å²) in [5.74, 6) is 0. The molecular weight excluding hydrogens is 318 g/mol. The van der Waals surface area contributed by atoms with Crippen LogP contribution in [0.3, 0.4) is 0 Å². The zero-order valence-corrected chi connectivity index (χ0v) is 17.5. The van der Waals surface area contributed by atoms with Crippen LogP contribution in [0.4, 0.5) is 0 Å². The summed E-state index contributed by atoms with van der Waals surface area (Å²) in [5.41, 5.74) is 0. The molecule has 0 aromatic carbocycles. The third-order valence-electron chi connectivity index (χ3n) is 4.71. The van der Waals surface area contributed by atoms with Gasteiger partial charge in [0.15, 0.2) is 0 Å². The number of aliphatic hydroxyl groups is 1. The molecule has 1 unspecified atom stereocenters. The first-order chi connectivity index (χ1) is 11.3. The Morgan fingerprint density at radius 3 is 1.54 bits per heavy atom. The van der Waals surface area contributed by atoms with E-state index in [1.165, 1.54) is 103 Å². The quantitative estimate of drug-likeness (QED) is 0.252. The normalized spacial score (nSPS) is 12.1. The number of rotatable bonds is 19. The van der Waals surface area contributed by atoms with Crippen LogP contribution in [-0.2, 0) is 0 Å². The zero-order chi connectivity index (χ0) is 17.0. The summed E-state index contributed by atoms with van der Waals surface area (Å²) in [6.07, 6.45) is 20.6. The minimum absolute atomic E-state index is 0. The maximum atomic E-state index is 9.92. The number of nitrogens with one attached hydrogen (secondary N) is 1. The predicted octanol–water partition coefficient (Wildman–Crippen LogP) is 6.64. The third kappa shape index (κ3) is 22.2. The molecule has 2 N–H and O–H groups in total. The van der Waals surface area contributed by atoms with Crippen molar-refractivity contribution in [2.45, 2.75) is 123 Å². The molecule has 0 aromatic heterocycles. The Morgan fingerprint density at radius 2 is 1.04 bits per heavy atom. The molecule has 0 saturated heterocycles. The second kappa shape index (κ2) is 23.2. The van der Waals surface area contributed by atoms with E-state index in [1.54, 1.807) is 0 Å². The smallest absolute Gasteiger partial charge is 0.0540 e. The molecule has 0 rings (SSSR count). The maximum absolute atomic E-state index is 9.92. The van der Waals surface area contributed by atoms with Gasteiger partial charge in [-0.3, -0.25) is 0 Å². The van der Waals surface area contributed by atoms with Crippen LogP contribution in [0.15, 0.2) is 0 Å². The summed E-state index contributed by atoms with van der Waals surface area (Å²) in [7, 11) is 0. The molecule has 0 radical (unpaired) electrons. The summed E-state index contributed by atoms with van der Waals surface area (Å²) in [6, 6.07) is 0. The molecule has 0 aliphatic rings. The van der Waals surface area contributed by atoms with Gasteiger partial charge in [0.1, 0.15) is 0 Å². The number of hydrogen-bond donors (Lipinski definition) is 2. The van der Waals surface area contributed by atoms with Crippen molar-refractivity contribution >= 4 is 12.4 Å². The Balaban J connectivity index is 0. The predicted molar refractivity (Wildman–Crippen MR) is 111 cm³/mol. The molecule has 0 bridgehead atoms. The lowest BCUT2D eigenvalue weighted by Crippen LogP contribution is -2.15. The highest BCUT2D eigenvalue weighted by molar-refractivity contribution is 5.85. The molecule has 1 atom stereocenters. The van der Waals surface area contributed by atoms with Gasteiger partial charge in [-0.25, -0.2) is 0 Å². The van der Waals surface area contributed by atoms with E-state index < -0.39 is 0 Å². The van der Waals surface area contributed by atoms with Crippen LogP contribution in [0, 0.1) is 0 Å². The average Bonchev–Trinajstić information content (AvgIpc) is 2.56. The van der Waals surface area contributed by atoms with Gasteiger partial charge in [0.25, 0.3) is 0 Å². The van der Waals surface area contributed by atoms with Gasteiger partial charge in [-0.2, -0.15) is 0 Å². The number of halogens is 1. The highest BCUT2D eigenvalue weighted by Gasteiger charge is 2.03. The van der Waals surface area contributed by atoms with Crippen LogP contribution in [0.25, 0.3) is 0 Å². The van der Waals surface area contributed by atoms with Gasteiger partial charge in [0, 0.05) is 0 Å². The second-order valence-corrected chi connectivity index (χ2v) is 7.22. The fourth-order valence-electron chi connectivity index (χ4n) is 3.12. The van der Waals surface area contributed by atoms with Gasteiger partial charge in [0.05, 0.1) is 6.10 Å². The van der Waals surface area contributed by atoms with Crippen molar-refractivity contribution in [3.63, 3.8) is 0 Å². The van der Waals surface area contributed by atoms with Gasteiger partial charge in [-0.15, -0.1) is 12.4 Å². The molecule has 0 aliphatic carbocycles. The van der Waals surface area contributed by atoms with Crippen LogP contribution in [-0.4, -0.2) is 24.3 Å². The van der Waals surface area contributed by atoms with Crippen molar-refractivity contribution in [1.29, 1.82) is 0 Å². The van der Waals surface area contributed by atoms with E-state index in [4.69, 9.17) is 0 Å². The van der Waals surface area contributed by atoms with Crippen LogP contribution in [0.2, 0.25) is 0 Å². The number of unbranched alkanes of at least 4 members (excludes halogenated alkanes) is 11. The van der Waals surface area contributed by atoms with Crippen LogP contribution in [0.1, 0.15) is 117 Å². The highest BCUT2D eigenvalue weighted by atomic mass is 35.5. The number of hydrogen-bond acceptors (Lipinski definition) is 2. The maximum Gasteiger partial charge on any atom is 0.0540 e. The monoisotopic (exact) mass is 363 g/mol. The molecule has 0 saturated carbocycles. The lowest BCUT2D eigenvalue weighted by molar-refractivity contribution is 0.147. The van der Waals surface area contributed by atoms with E-state index >= 15 is 0 Å². The Labute approximate surface area is 159 Å². The van der Waals surface area contributed by atoms with Gasteiger partial charge < -0.3 is 10.4 Å². The average molecular weight is 364 g/mol. The van der Waals surface area contributed by atoms with Crippen LogP contribution >= 0.6 is 12.4 Å². The molecule has 148 valence electrons. The summed E-state index contributed by atoms with van der Waals surface area (Å²) in [4.78, 5) is 0. The fraction of sp³-hybridized carbons (Fsp3) is 1.00. The summed E-state index contributed by atoms with van der Waals surface area (Å²) in [6.45, 7) is 6.84. The van der Waals surface area contributed by atoms with E-state index in [-0.39, 0.29) is 18.5 Å². The van der Waals surface area contributed by atoms with Crippen molar-refractivity contribution in [1.82, 2.24) is 5.32 Å². The SMILES string of the molecule is CCCCCCC(O)CCCCCCCCCCCNCCC.Cl. The van der Waals surface area contributed by atoms with Crippen molar-refractivity contribution in [2.24, 2.45) is 0 Å². The first-order valence-electron chi connectivity index (χ1n) is 10.7. The minimum atomic E-state index is -0.0341. The molecule has 3 heteroatoms. The topological polar surface area (TPSA) is 32.3 Å². The molecule has 24 heavy (non-hydrogen) atoms. The van der Waals surface area contributed by atoms with Crippen molar-refractivity contribution in [2.75, 3.05) is 13.1 Å². The Hall–Kier alpha value is 0.210. The minimum Gasteiger partial charge on any atom is -0.393 e. The van der Waals surface area contributed by atoms with Gasteiger partial charge in [-0.05, 0) is 38.8 Å². The third-order valence-corrected chi connectivity index (χ3v) is 4.71. The first-order valence-corrected chi connectivity index (χ1v) is 10.7. The van der Waals surface area contributed by atoms with Gasteiger partial charge >= 0.3 is 0 Å². The number of aliphatic hydroxyl groups excluding tert-OH is 1. The van der Waals surface area contributed by atoms with E-state index in [2.05, 4.69) is 19.2 Å². The van der Waals surface area contributed by atoms with E-state index in [0.29, 0.717) is 0 Å². The first kappa shape index (κ1) is 26.4. The molecule has 0 fully saturated rings. The van der Waals surface area contributed by atoms with Gasteiger partial charge in [-0.1, -0.05) is 90.9 Å². The summed E-state index contributed by atoms with van der Waals surface area (Å²) < 4.78 is 0. The van der Waals surface area contributed by atoms with Crippen molar-refractivity contribution < 1.29 is 5.11 Å². The summed E-state index contributed by atoms with van der Waals surface area (Å²) in [5, 5.41) is 13.4. The molecule has 2 nitrogen and oxygen atoms in total. The fourth-order valence-corrected chi connectivity index (χ4v) is 3.12. The Kier molecular flexibility index (Phi) is 25.6. The van der Waals surface area contributed by atoms with Crippen LogP contribution < -0.4 is 5.32 Å². The van der Waals surface area contributed by atoms with E-state index in [1.807, 2.05) is 0 Å². The molecular formula is C21H46ClNO. The lowest BCUT2D eigenvalue weighted by Gasteiger charge is -2.10. The Bertz CT molecular complexity index is 214. The summed E-state index contributed by atoms with van der Waals surface area (Å²) >= 11 is 0. The van der Waals surface area contributed by atoms with Crippen LogP contribution in [0.5, 0.6) is 0 Å². The zero-order valence-electron chi connectivity index (χ0n) is 16.7. The highest BCUT2D eigenvalue weighted by Crippen LogP contribution is 2.14. The standard InChI is InChI=1S/C21H45NO.ClH/c1-3-5-6-14-17-21(23)18-15-12-10-8-7-9-11-13-16-20-22-19-4-2;/h21-23H,3-20H2,1-2H3;1H. The van der Waals surface area contributed by atoms with E-state index in [9.17, 15) is 5.11 Å². The van der Waals surface area contributed by atoms with Gasteiger partial charge in [0.2, 0.25) is 0 Å². The lowest BCUT2D eigenvalue weighted by atomic mass is 10.0.